The molecular weight excluding hydrogens is 232 g/mol. The highest BCUT2D eigenvalue weighted by Gasteiger charge is 2.28. The molecule has 0 saturated heterocycles. The first-order valence-corrected chi connectivity index (χ1v) is 6.71. The summed E-state index contributed by atoms with van der Waals surface area (Å²) in [4.78, 5) is 0. The van der Waals surface area contributed by atoms with E-state index in [9.17, 15) is 0 Å². The zero-order valence-electron chi connectivity index (χ0n) is 11.2. The molecule has 0 unspecified atom stereocenters. The maximum Gasteiger partial charge on any atom is 0.124 e. The fraction of sp³-hybridized carbons (Fsp3) is 0.222. The Hall–Kier alpha value is -2.02. The van der Waals surface area contributed by atoms with Crippen LogP contribution < -0.4 is 4.74 Å². The first kappa shape index (κ1) is 12.0. The second kappa shape index (κ2) is 4.58. The predicted octanol–water partition coefficient (Wildman–Crippen LogP) is 4.62. The highest BCUT2D eigenvalue weighted by molar-refractivity contribution is 5.65. The fourth-order valence-electron chi connectivity index (χ4n) is 2.51. The third-order valence-corrected chi connectivity index (χ3v) is 3.83. The molecule has 1 atom stereocenters. The molecule has 1 nitrogen and oxygen atoms in total. The molecule has 0 aliphatic carbocycles. The molecule has 0 bridgehead atoms. The van der Waals surface area contributed by atoms with Gasteiger partial charge in [0.1, 0.15) is 11.4 Å². The van der Waals surface area contributed by atoms with Crippen LogP contribution in [0.25, 0.3) is 11.1 Å². The average Bonchev–Trinajstić information content (AvgIpc) is 2.48. The van der Waals surface area contributed by atoms with Crippen molar-refractivity contribution in [3.8, 4) is 16.9 Å². The van der Waals surface area contributed by atoms with Crippen LogP contribution in [0, 0.1) is 0 Å². The number of fused-ring (bicyclic) bond motifs is 1. The molecule has 19 heavy (non-hydrogen) atoms. The quantitative estimate of drug-likeness (QED) is 0.706. The third kappa shape index (κ3) is 2.28. The van der Waals surface area contributed by atoms with E-state index in [1.54, 1.807) is 0 Å². The monoisotopic (exact) mass is 250 g/mol. The van der Waals surface area contributed by atoms with Crippen LogP contribution in [-0.4, -0.2) is 5.60 Å². The van der Waals surface area contributed by atoms with Crippen LogP contribution in [0.2, 0.25) is 0 Å². The van der Waals surface area contributed by atoms with Gasteiger partial charge in [-0.2, -0.15) is 0 Å². The van der Waals surface area contributed by atoms with Gasteiger partial charge in [-0.3, -0.25) is 0 Å². The van der Waals surface area contributed by atoms with Crippen molar-refractivity contribution in [1.82, 2.24) is 0 Å². The van der Waals surface area contributed by atoms with Gasteiger partial charge < -0.3 is 4.74 Å². The van der Waals surface area contributed by atoms with Gasteiger partial charge in [-0.25, -0.2) is 0 Å². The van der Waals surface area contributed by atoms with E-state index in [1.807, 2.05) is 12.1 Å². The van der Waals surface area contributed by atoms with Crippen molar-refractivity contribution in [1.29, 1.82) is 0 Å². The summed E-state index contributed by atoms with van der Waals surface area (Å²) >= 11 is 0. The van der Waals surface area contributed by atoms with Crippen molar-refractivity contribution in [3.63, 3.8) is 0 Å². The first-order valence-electron chi connectivity index (χ1n) is 6.71. The van der Waals surface area contributed by atoms with Crippen molar-refractivity contribution >= 4 is 0 Å². The van der Waals surface area contributed by atoms with E-state index < -0.39 is 0 Å². The van der Waals surface area contributed by atoms with Gasteiger partial charge in [0, 0.05) is 0 Å². The lowest BCUT2D eigenvalue weighted by Crippen LogP contribution is -2.33. The Morgan fingerprint density at radius 3 is 2.63 bits per heavy atom. The van der Waals surface area contributed by atoms with E-state index in [-0.39, 0.29) is 5.60 Å². The summed E-state index contributed by atoms with van der Waals surface area (Å²) in [5.74, 6) is 0.994. The molecule has 1 heteroatoms. The lowest BCUT2D eigenvalue weighted by molar-refractivity contribution is 0.115. The zero-order chi connectivity index (χ0) is 13.3. The summed E-state index contributed by atoms with van der Waals surface area (Å²) in [6.07, 6.45) is 3.93. The minimum atomic E-state index is -0.221. The molecule has 2 aromatic rings. The summed E-state index contributed by atoms with van der Waals surface area (Å²) < 4.78 is 6.04. The zero-order valence-corrected chi connectivity index (χ0v) is 11.2. The van der Waals surface area contributed by atoms with Crippen molar-refractivity contribution in [2.75, 3.05) is 0 Å². The molecule has 0 aromatic heterocycles. The Balaban J connectivity index is 1.97. The van der Waals surface area contributed by atoms with E-state index in [0.29, 0.717) is 0 Å². The second-order valence-electron chi connectivity index (χ2n) is 5.31. The normalized spacial score (nSPS) is 21.3. The largest absolute Gasteiger partial charge is 0.483 e. The van der Waals surface area contributed by atoms with Crippen LogP contribution >= 0.6 is 0 Å². The molecule has 0 fully saturated rings. The number of hydrogen-bond acceptors (Lipinski definition) is 1. The van der Waals surface area contributed by atoms with Crippen molar-refractivity contribution in [2.24, 2.45) is 0 Å². The maximum atomic E-state index is 6.04. The molecule has 0 spiro atoms. The molecule has 0 saturated carbocycles. The SMILES string of the molecule is C=C[C@]1(C)CCc2cc(-c3ccccc3)ccc2O1. The number of hydrogen-bond donors (Lipinski definition) is 0. The van der Waals surface area contributed by atoms with Gasteiger partial charge in [0.05, 0.1) is 0 Å². The first-order chi connectivity index (χ1) is 9.20. The smallest absolute Gasteiger partial charge is 0.124 e. The number of ether oxygens (including phenoxy) is 1. The Bertz CT molecular complexity index is 600. The van der Waals surface area contributed by atoms with Crippen LogP contribution in [0.5, 0.6) is 5.75 Å². The second-order valence-corrected chi connectivity index (χ2v) is 5.31. The molecule has 0 N–H and O–H groups in total. The number of rotatable bonds is 2. The third-order valence-electron chi connectivity index (χ3n) is 3.83. The van der Waals surface area contributed by atoms with E-state index in [0.717, 1.165) is 18.6 Å². The minimum Gasteiger partial charge on any atom is -0.483 e. The summed E-state index contributed by atoms with van der Waals surface area (Å²) in [6, 6.07) is 16.9. The van der Waals surface area contributed by atoms with Crippen molar-refractivity contribution in [3.05, 3.63) is 66.7 Å². The molecule has 1 heterocycles. The summed E-state index contributed by atoms with van der Waals surface area (Å²) in [5, 5.41) is 0. The Morgan fingerprint density at radius 2 is 1.89 bits per heavy atom. The number of aryl methyl sites for hydroxylation is 1. The van der Waals surface area contributed by atoms with Gasteiger partial charge in [0.25, 0.3) is 0 Å². The van der Waals surface area contributed by atoms with E-state index in [4.69, 9.17) is 4.74 Å². The van der Waals surface area contributed by atoms with Crippen LogP contribution in [-0.2, 0) is 6.42 Å². The van der Waals surface area contributed by atoms with E-state index in [1.165, 1.54) is 16.7 Å². The van der Waals surface area contributed by atoms with Gasteiger partial charge in [0.2, 0.25) is 0 Å². The molecule has 1 aliphatic heterocycles. The molecule has 0 amide bonds. The Labute approximate surface area is 114 Å². The van der Waals surface area contributed by atoms with Crippen LogP contribution in [0.3, 0.4) is 0 Å². The highest BCUT2D eigenvalue weighted by atomic mass is 16.5. The molecular formula is C18H18O. The van der Waals surface area contributed by atoms with Crippen molar-refractivity contribution < 1.29 is 4.74 Å². The molecule has 1 aliphatic rings. The Kier molecular flexibility index (Phi) is 2.90. The van der Waals surface area contributed by atoms with Gasteiger partial charge in [-0.15, -0.1) is 0 Å². The van der Waals surface area contributed by atoms with Gasteiger partial charge in [0.15, 0.2) is 0 Å². The molecule has 96 valence electrons. The average molecular weight is 250 g/mol. The van der Waals surface area contributed by atoms with Crippen molar-refractivity contribution in [2.45, 2.75) is 25.4 Å². The van der Waals surface area contributed by atoms with Gasteiger partial charge >= 0.3 is 0 Å². The lowest BCUT2D eigenvalue weighted by atomic mass is 9.91. The lowest BCUT2D eigenvalue weighted by Gasteiger charge is -2.33. The highest BCUT2D eigenvalue weighted by Crippen LogP contribution is 2.36. The summed E-state index contributed by atoms with van der Waals surface area (Å²) in [5.41, 5.74) is 3.58. The van der Waals surface area contributed by atoms with Crippen LogP contribution in [0.4, 0.5) is 0 Å². The standard InChI is InChI=1S/C18H18O/c1-3-18(2)12-11-16-13-15(9-10-17(16)19-18)14-7-5-4-6-8-14/h3-10,13H,1,11-12H2,2H3/t18-/m1/s1. The van der Waals surface area contributed by atoms with Gasteiger partial charge in [-0.05, 0) is 54.7 Å². The predicted molar refractivity (Wildman–Crippen MR) is 79.4 cm³/mol. The topological polar surface area (TPSA) is 9.23 Å². The molecule has 0 radical (unpaired) electrons. The van der Waals surface area contributed by atoms with Crippen LogP contribution in [0.1, 0.15) is 18.9 Å². The van der Waals surface area contributed by atoms with E-state index in [2.05, 4.69) is 56.0 Å². The molecule has 3 rings (SSSR count). The fourth-order valence-corrected chi connectivity index (χ4v) is 2.51. The summed E-state index contributed by atoms with van der Waals surface area (Å²) in [6.45, 7) is 5.96. The van der Waals surface area contributed by atoms with Gasteiger partial charge in [-0.1, -0.05) is 43.0 Å². The summed E-state index contributed by atoms with van der Waals surface area (Å²) in [7, 11) is 0. The van der Waals surface area contributed by atoms with Crippen LogP contribution in [0.15, 0.2) is 61.2 Å². The maximum absolute atomic E-state index is 6.04. The number of benzene rings is 2. The Morgan fingerprint density at radius 1 is 1.11 bits per heavy atom. The van der Waals surface area contributed by atoms with E-state index >= 15 is 0 Å². The molecule has 2 aromatic carbocycles. The minimum absolute atomic E-state index is 0.221.